The van der Waals surface area contributed by atoms with Gasteiger partial charge in [-0.3, -0.25) is 14.5 Å². The molecule has 3 aliphatic heterocycles. The van der Waals surface area contributed by atoms with Gasteiger partial charge in [0.1, 0.15) is 28.4 Å². The van der Waals surface area contributed by atoms with Crippen LogP contribution in [-0.4, -0.2) is 113 Å². The molecule has 0 spiro atoms. The predicted molar refractivity (Wildman–Crippen MR) is 241 cm³/mol. The van der Waals surface area contributed by atoms with Crippen molar-refractivity contribution < 1.29 is 10.2 Å². The molecule has 9 rings (SSSR count). The lowest BCUT2D eigenvalue weighted by molar-refractivity contribution is 0.0913. The number of hydrogen-bond acceptors (Lipinski definition) is 11. The first kappa shape index (κ1) is 41.2. The number of fused-ring (bicyclic) bond motifs is 3. The minimum atomic E-state index is -0.395. The van der Waals surface area contributed by atoms with E-state index in [1.807, 2.05) is 38.1 Å². The highest BCUT2D eigenvalue weighted by molar-refractivity contribution is 7.15. The summed E-state index contributed by atoms with van der Waals surface area (Å²) < 4.78 is 3.70. The second kappa shape index (κ2) is 17.3. The van der Waals surface area contributed by atoms with E-state index in [-0.39, 0.29) is 17.5 Å². The molecule has 2 saturated heterocycles. The van der Waals surface area contributed by atoms with Gasteiger partial charge >= 0.3 is 5.69 Å². The third kappa shape index (κ3) is 8.31. The van der Waals surface area contributed by atoms with Crippen LogP contribution in [0.3, 0.4) is 0 Å². The number of aromatic nitrogens is 6. The maximum Gasteiger partial charge on any atom is 0.348 e. The van der Waals surface area contributed by atoms with Gasteiger partial charge in [0.25, 0.3) is 0 Å². The largest absolute Gasteiger partial charge is 0.508 e. The predicted octanol–water partition coefficient (Wildman–Crippen LogP) is 7.23. The Hall–Kier alpha value is -5.12. The molecule has 0 amide bonds. The standard InChI is InChI=1S/C46H53ClN10O3S/c1-5-33-24-37(40(59)25-39(33)58)43-50-52-46(60)57(43)36-12-6-31(7-13-36)26-54-20-22-55(23-21-54)27-32-14-17-53(18-15-32)19-16-38-44-51-49-30(4)56(44)45-41(28(2)29(3)61-45)42(48-38)34-8-10-35(47)11-9-34/h6-13,24-25,32,38,58-59H,5,14-23,26-27H2,1-4H3,(H,52,60)/t38-/m0/s1. The SMILES string of the molecule is CCc1cc(-c2n[nH]c(=O)n2-c2ccc(CN3CCN(CC4CCN(CC[C@@H]5N=C(c6ccc(Cl)cc6)c6c(sc(C)c6C)-n6c(C)nnc65)CC4)CC3)cc2)c(O)cc1O. The van der Waals surface area contributed by atoms with E-state index in [1.165, 1.54) is 45.0 Å². The zero-order valence-corrected chi connectivity index (χ0v) is 36.8. The fourth-order valence-corrected chi connectivity index (χ4v) is 10.5. The Labute approximate surface area is 365 Å². The zero-order valence-electron chi connectivity index (χ0n) is 35.2. The minimum absolute atomic E-state index is 0.0171. The molecule has 0 saturated carbocycles. The van der Waals surface area contributed by atoms with Crippen molar-refractivity contribution in [2.75, 3.05) is 52.4 Å². The number of halogens is 1. The fourth-order valence-electron chi connectivity index (χ4n) is 9.19. The molecule has 1 atom stereocenters. The van der Waals surface area contributed by atoms with E-state index < -0.39 is 5.69 Å². The summed E-state index contributed by atoms with van der Waals surface area (Å²) in [5, 5.41) is 38.7. The van der Waals surface area contributed by atoms with Crippen LogP contribution >= 0.6 is 22.9 Å². The van der Waals surface area contributed by atoms with Crippen LogP contribution in [0, 0.1) is 26.7 Å². The summed E-state index contributed by atoms with van der Waals surface area (Å²) in [7, 11) is 0. The van der Waals surface area contributed by atoms with Crippen molar-refractivity contribution in [3.05, 3.63) is 121 Å². The summed E-state index contributed by atoms with van der Waals surface area (Å²) in [5.41, 5.74) is 7.00. The van der Waals surface area contributed by atoms with E-state index in [4.69, 9.17) is 21.7 Å². The van der Waals surface area contributed by atoms with Crippen LogP contribution in [0.15, 0.2) is 70.5 Å². The summed E-state index contributed by atoms with van der Waals surface area (Å²) in [6.07, 6.45) is 3.86. The number of piperazine rings is 1. The van der Waals surface area contributed by atoms with Crippen LogP contribution in [0.1, 0.15) is 76.6 Å². The number of phenolic OH excluding ortho intramolecular Hbond substituents is 2. The summed E-state index contributed by atoms with van der Waals surface area (Å²) in [6.45, 7) is 17.6. The van der Waals surface area contributed by atoms with Crippen molar-refractivity contribution in [2.45, 2.75) is 66.0 Å². The van der Waals surface area contributed by atoms with Crippen LogP contribution in [-0.2, 0) is 13.0 Å². The average molecular weight is 862 g/mol. The molecule has 13 nitrogen and oxygen atoms in total. The van der Waals surface area contributed by atoms with Gasteiger partial charge in [-0.15, -0.1) is 21.5 Å². The lowest BCUT2D eigenvalue weighted by atomic mass is 9.95. The summed E-state index contributed by atoms with van der Waals surface area (Å²) in [4.78, 5) is 27.4. The number of aryl methyl sites for hydroxylation is 3. The van der Waals surface area contributed by atoms with Gasteiger partial charge in [-0.2, -0.15) is 5.10 Å². The normalized spacial score (nSPS) is 17.9. The van der Waals surface area contributed by atoms with Gasteiger partial charge in [0.15, 0.2) is 11.6 Å². The van der Waals surface area contributed by atoms with E-state index in [2.05, 4.69) is 72.7 Å². The van der Waals surface area contributed by atoms with Gasteiger partial charge in [-0.1, -0.05) is 42.8 Å². The molecule has 2 fully saturated rings. The van der Waals surface area contributed by atoms with Gasteiger partial charge in [0.05, 0.1) is 17.0 Å². The van der Waals surface area contributed by atoms with Crippen molar-refractivity contribution in [3.8, 4) is 33.6 Å². The number of nitrogens with one attached hydrogen (secondary N) is 1. The molecule has 3 N–H and O–H groups in total. The monoisotopic (exact) mass is 860 g/mol. The maximum atomic E-state index is 12.9. The number of benzene rings is 3. The van der Waals surface area contributed by atoms with Crippen molar-refractivity contribution in [1.29, 1.82) is 0 Å². The Bertz CT molecular complexity index is 2610. The summed E-state index contributed by atoms with van der Waals surface area (Å²) >= 11 is 8.11. The maximum absolute atomic E-state index is 12.9. The van der Waals surface area contributed by atoms with Crippen molar-refractivity contribution in [3.63, 3.8) is 0 Å². The first-order valence-corrected chi connectivity index (χ1v) is 22.6. The third-order valence-electron chi connectivity index (χ3n) is 12.9. The highest BCUT2D eigenvalue weighted by Crippen LogP contribution is 2.40. The number of likely N-dealkylation sites (tertiary alicyclic amines) is 1. The Balaban J connectivity index is 0.774. The first-order chi connectivity index (χ1) is 29.5. The number of H-pyrrole nitrogens is 1. The number of thiophene rings is 1. The smallest absolute Gasteiger partial charge is 0.348 e. The van der Waals surface area contributed by atoms with Crippen LogP contribution in [0.4, 0.5) is 0 Å². The number of phenols is 2. The second-order valence-corrected chi connectivity index (χ2v) is 18.4. The van der Waals surface area contributed by atoms with Gasteiger partial charge in [-0.05, 0) is 112 Å². The van der Waals surface area contributed by atoms with E-state index >= 15 is 0 Å². The molecule has 0 bridgehead atoms. The number of aromatic hydroxyl groups is 2. The van der Waals surface area contributed by atoms with Crippen LogP contribution in [0.5, 0.6) is 11.5 Å². The molecule has 0 unspecified atom stereocenters. The second-order valence-electron chi connectivity index (χ2n) is 16.8. The molecule has 318 valence electrons. The topological polar surface area (TPSA) is 144 Å². The zero-order chi connectivity index (χ0) is 42.4. The molecule has 3 aromatic heterocycles. The number of nitrogens with zero attached hydrogens (tertiary/aromatic N) is 9. The fraction of sp³-hybridized carbons (Fsp3) is 0.413. The average Bonchev–Trinajstić information content (AvgIpc) is 3.90. The third-order valence-corrected chi connectivity index (χ3v) is 14.3. The van der Waals surface area contributed by atoms with Crippen molar-refractivity contribution >= 4 is 28.6 Å². The molecule has 6 aromatic rings. The highest BCUT2D eigenvalue weighted by atomic mass is 35.5. The molecule has 15 heteroatoms. The quantitative estimate of drug-likeness (QED) is 0.123. The molecule has 61 heavy (non-hydrogen) atoms. The number of aromatic amines is 1. The number of aliphatic imine (C=N–C) groups is 1. The Morgan fingerprint density at radius 3 is 2.30 bits per heavy atom. The Morgan fingerprint density at radius 1 is 0.852 bits per heavy atom. The first-order valence-electron chi connectivity index (χ1n) is 21.4. The number of piperidine rings is 1. The number of rotatable bonds is 11. The Morgan fingerprint density at radius 2 is 1.57 bits per heavy atom. The van der Waals surface area contributed by atoms with Gasteiger partial charge in [0.2, 0.25) is 0 Å². The minimum Gasteiger partial charge on any atom is -0.508 e. The molecule has 3 aromatic carbocycles. The van der Waals surface area contributed by atoms with Gasteiger partial charge in [0, 0.05) is 72.9 Å². The van der Waals surface area contributed by atoms with Gasteiger partial charge in [-0.25, -0.2) is 14.5 Å². The molecule has 0 radical (unpaired) electrons. The molecule has 6 heterocycles. The lowest BCUT2D eigenvalue weighted by Gasteiger charge is -2.39. The Kier molecular flexibility index (Phi) is 11.7. The molecule has 0 aliphatic carbocycles. The van der Waals surface area contributed by atoms with Crippen LogP contribution in [0.25, 0.3) is 22.1 Å². The van der Waals surface area contributed by atoms with E-state index in [9.17, 15) is 15.0 Å². The van der Waals surface area contributed by atoms with Crippen LogP contribution in [0.2, 0.25) is 5.02 Å². The molecular formula is C46H53ClN10O3S. The van der Waals surface area contributed by atoms with Crippen LogP contribution < -0.4 is 5.69 Å². The highest BCUT2D eigenvalue weighted by Gasteiger charge is 2.32. The molecule has 3 aliphatic rings. The molecular weight excluding hydrogens is 808 g/mol. The summed E-state index contributed by atoms with van der Waals surface area (Å²) in [6, 6.07) is 18.9. The lowest BCUT2D eigenvalue weighted by Crippen LogP contribution is -2.48. The van der Waals surface area contributed by atoms with E-state index in [0.29, 0.717) is 35.0 Å². The van der Waals surface area contributed by atoms with Crippen molar-refractivity contribution in [2.24, 2.45) is 10.9 Å². The van der Waals surface area contributed by atoms with E-state index in [1.54, 1.807) is 17.4 Å². The van der Waals surface area contributed by atoms with Gasteiger partial charge < -0.3 is 20.0 Å². The van der Waals surface area contributed by atoms with Crippen molar-refractivity contribution in [1.82, 2.24) is 44.2 Å². The summed E-state index contributed by atoms with van der Waals surface area (Å²) in [5.74, 6) is 2.69. The van der Waals surface area contributed by atoms with E-state index in [0.717, 1.165) is 98.3 Å². The number of hydrogen-bond donors (Lipinski definition) is 3.